The fourth-order valence-corrected chi connectivity index (χ4v) is 3.57. The predicted molar refractivity (Wildman–Crippen MR) is 104 cm³/mol. The number of carbonyl (C=O) groups is 1. The van der Waals surface area contributed by atoms with E-state index in [0.717, 1.165) is 23.4 Å². The van der Waals surface area contributed by atoms with Crippen LogP contribution in [0.15, 0.2) is 58.4 Å². The minimum atomic E-state index is -0.0522. The zero-order valence-electron chi connectivity index (χ0n) is 14.5. The summed E-state index contributed by atoms with van der Waals surface area (Å²) in [5.41, 5.74) is 2.95. The molecule has 1 amide bonds. The highest BCUT2D eigenvalue weighted by Crippen LogP contribution is 2.35. The van der Waals surface area contributed by atoms with Gasteiger partial charge in [0.1, 0.15) is 5.75 Å². The zero-order chi connectivity index (χ0) is 17.8. The molecule has 1 aliphatic rings. The molecule has 0 aliphatic carbocycles. The van der Waals surface area contributed by atoms with Crippen LogP contribution in [0, 0.1) is 0 Å². The van der Waals surface area contributed by atoms with E-state index in [1.54, 1.807) is 19.1 Å². The maximum Gasteiger partial charge on any atom is 0.266 e. The van der Waals surface area contributed by atoms with E-state index in [-0.39, 0.29) is 5.91 Å². The molecule has 2 aromatic carbocycles. The molecule has 1 saturated heterocycles. The Morgan fingerprint density at radius 1 is 1.16 bits per heavy atom. The van der Waals surface area contributed by atoms with Crippen molar-refractivity contribution in [2.45, 2.75) is 13.3 Å². The molecule has 0 aromatic heterocycles. The summed E-state index contributed by atoms with van der Waals surface area (Å²) < 4.78 is 5.36. The highest BCUT2D eigenvalue weighted by atomic mass is 32.2. The first-order valence-corrected chi connectivity index (χ1v) is 8.93. The summed E-state index contributed by atoms with van der Waals surface area (Å²) in [5, 5.41) is 0.687. The number of amides is 1. The number of nitrogens with zero attached hydrogens (tertiary/aromatic N) is 2. The van der Waals surface area contributed by atoms with Crippen molar-refractivity contribution in [1.29, 1.82) is 0 Å². The fraction of sp³-hybridized carbons (Fsp3) is 0.200. The van der Waals surface area contributed by atoms with Crippen LogP contribution < -0.4 is 4.74 Å². The molecule has 0 unspecified atom stereocenters. The fourth-order valence-electron chi connectivity index (χ4n) is 2.60. The molecule has 25 heavy (non-hydrogen) atoms. The third-order valence-electron chi connectivity index (χ3n) is 4.02. The van der Waals surface area contributed by atoms with Crippen molar-refractivity contribution >= 4 is 34.6 Å². The number of ether oxygens (including phenoxy) is 1. The molecule has 1 heterocycles. The Labute approximate surface area is 152 Å². The van der Waals surface area contributed by atoms with Gasteiger partial charge in [-0.25, -0.2) is 4.99 Å². The topological polar surface area (TPSA) is 41.9 Å². The Hall–Kier alpha value is -2.53. The molecular weight excluding hydrogens is 332 g/mol. The van der Waals surface area contributed by atoms with Crippen molar-refractivity contribution in [3.05, 3.63) is 64.6 Å². The van der Waals surface area contributed by atoms with Gasteiger partial charge in [-0.2, -0.15) is 0 Å². The van der Waals surface area contributed by atoms with Crippen molar-refractivity contribution < 1.29 is 9.53 Å². The van der Waals surface area contributed by atoms with E-state index < -0.39 is 0 Å². The number of hydrogen-bond donors (Lipinski definition) is 0. The van der Waals surface area contributed by atoms with Gasteiger partial charge in [-0.15, -0.1) is 0 Å². The summed E-state index contributed by atoms with van der Waals surface area (Å²) in [5.74, 6) is 0.691. The van der Waals surface area contributed by atoms with Crippen molar-refractivity contribution in [3.63, 3.8) is 0 Å². The van der Waals surface area contributed by atoms with Crippen LogP contribution in [0.1, 0.15) is 18.1 Å². The number of hydrogen-bond acceptors (Lipinski definition) is 4. The van der Waals surface area contributed by atoms with Gasteiger partial charge in [-0.1, -0.05) is 43.3 Å². The molecule has 0 spiro atoms. The lowest BCUT2D eigenvalue weighted by Gasteiger charge is -2.08. The van der Waals surface area contributed by atoms with E-state index in [4.69, 9.17) is 9.73 Å². The first-order chi connectivity index (χ1) is 12.1. The quantitative estimate of drug-likeness (QED) is 0.761. The summed E-state index contributed by atoms with van der Waals surface area (Å²) in [6, 6.07) is 15.7. The SMILES string of the molecule is CCc1ccccc1N=C1S/C(=C/c2ccccc2OC)C(=O)N1C. The van der Waals surface area contributed by atoms with Crippen molar-refractivity contribution in [2.24, 2.45) is 4.99 Å². The molecule has 128 valence electrons. The molecule has 0 radical (unpaired) electrons. The van der Waals surface area contributed by atoms with E-state index in [2.05, 4.69) is 13.0 Å². The summed E-state index contributed by atoms with van der Waals surface area (Å²) in [4.78, 5) is 19.5. The third-order valence-corrected chi connectivity index (χ3v) is 5.08. The van der Waals surface area contributed by atoms with Gasteiger partial charge < -0.3 is 4.74 Å². The molecule has 4 nitrogen and oxygen atoms in total. The summed E-state index contributed by atoms with van der Waals surface area (Å²) in [6.45, 7) is 2.10. The standard InChI is InChI=1S/C20H20N2O2S/c1-4-14-9-5-7-11-16(14)21-20-22(2)19(23)18(25-20)13-15-10-6-8-12-17(15)24-3/h5-13H,4H2,1-3H3/b18-13+,21-20?. The molecule has 1 aliphatic heterocycles. The molecule has 0 N–H and O–H groups in total. The number of para-hydroxylation sites is 2. The van der Waals surface area contributed by atoms with Crippen LogP contribution in [0.25, 0.3) is 6.08 Å². The number of carbonyl (C=O) groups excluding carboxylic acids is 1. The Kier molecular flexibility index (Phi) is 5.24. The maximum absolute atomic E-state index is 12.6. The van der Waals surface area contributed by atoms with E-state index in [1.807, 2.05) is 48.5 Å². The molecule has 1 fully saturated rings. The second-order valence-electron chi connectivity index (χ2n) is 5.59. The monoisotopic (exact) mass is 352 g/mol. The molecular formula is C20H20N2O2S. The largest absolute Gasteiger partial charge is 0.496 e. The second-order valence-corrected chi connectivity index (χ2v) is 6.60. The lowest BCUT2D eigenvalue weighted by atomic mass is 10.1. The first kappa shape index (κ1) is 17.3. The minimum Gasteiger partial charge on any atom is -0.496 e. The van der Waals surface area contributed by atoms with Gasteiger partial charge in [0, 0.05) is 12.6 Å². The van der Waals surface area contributed by atoms with Crippen LogP contribution in [0.3, 0.4) is 0 Å². The molecule has 0 bridgehead atoms. The number of aliphatic imine (C=N–C) groups is 1. The van der Waals surface area contributed by atoms with Gasteiger partial charge in [-0.3, -0.25) is 9.69 Å². The van der Waals surface area contributed by atoms with Gasteiger partial charge in [0.2, 0.25) is 0 Å². The first-order valence-electron chi connectivity index (χ1n) is 8.11. The molecule has 5 heteroatoms. The van der Waals surface area contributed by atoms with E-state index in [9.17, 15) is 4.79 Å². The number of amidine groups is 1. The highest BCUT2D eigenvalue weighted by Gasteiger charge is 2.30. The van der Waals surface area contributed by atoms with Gasteiger partial charge >= 0.3 is 0 Å². The van der Waals surface area contributed by atoms with Gasteiger partial charge in [0.05, 0.1) is 17.7 Å². The van der Waals surface area contributed by atoms with Crippen molar-refractivity contribution in [3.8, 4) is 5.75 Å². The van der Waals surface area contributed by atoms with Gasteiger partial charge in [0.25, 0.3) is 5.91 Å². The maximum atomic E-state index is 12.6. The summed E-state index contributed by atoms with van der Waals surface area (Å²) in [7, 11) is 3.38. The molecule has 3 rings (SSSR count). The number of thioether (sulfide) groups is 1. The lowest BCUT2D eigenvalue weighted by Crippen LogP contribution is -2.23. The van der Waals surface area contributed by atoms with Crippen LogP contribution in [-0.2, 0) is 11.2 Å². The van der Waals surface area contributed by atoms with Crippen LogP contribution in [-0.4, -0.2) is 30.1 Å². The number of rotatable bonds is 4. The summed E-state index contributed by atoms with van der Waals surface area (Å²) >= 11 is 1.39. The van der Waals surface area contributed by atoms with Gasteiger partial charge in [-0.05, 0) is 42.0 Å². The Bertz CT molecular complexity index is 858. The van der Waals surface area contributed by atoms with Crippen LogP contribution >= 0.6 is 11.8 Å². The summed E-state index contributed by atoms with van der Waals surface area (Å²) in [6.07, 6.45) is 2.76. The minimum absolute atomic E-state index is 0.0522. The lowest BCUT2D eigenvalue weighted by molar-refractivity contribution is -0.121. The smallest absolute Gasteiger partial charge is 0.266 e. The number of benzene rings is 2. The van der Waals surface area contributed by atoms with E-state index >= 15 is 0 Å². The van der Waals surface area contributed by atoms with Crippen molar-refractivity contribution in [1.82, 2.24) is 4.90 Å². The Balaban J connectivity index is 1.95. The molecule has 0 atom stereocenters. The molecule has 2 aromatic rings. The normalized spacial score (nSPS) is 17.6. The van der Waals surface area contributed by atoms with E-state index in [0.29, 0.717) is 10.1 Å². The number of methoxy groups -OCH3 is 1. The Morgan fingerprint density at radius 2 is 1.88 bits per heavy atom. The van der Waals surface area contributed by atoms with Crippen LogP contribution in [0.5, 0.6) is 5.75 Å². The van der Waals surface area contributed by atoms with Crippen molar-refractivity contribution in [2.75, 3.05) is 14.2 Å². The van der Waals surface area contributed by atoms with Crippen LogP contribution in [0.2, 0.25) is 0 Å². The second kappa shape index (κ2) is 7.57. The average molecular weight is 352 g/mol. The number of likely N-dealkylation sites (N-methyl/N-ethyl adjacent to an activating group) is 1. The predicted octanol–water partition coefficient (Wildman–Crippen LogP) is 4.49. The number of aryl methyl sites for hydroxylation is 1. The molecule has 0 saturated carbocycles. The average Bonchev–Trinajstić information content (AvgIpc) is 2.90. The van der Waals surface area contributed by atoms with Crippen LogP contribution in [0.4, 0.5) is 5.69 Å². The zero-order valence-corrected chi connectivity index (χ0v) is 15.3. The third kappa shape index (κ3) is 3.61. The Morgan fingerprint density at radius 3 is 2.64 bits per heavy atom. The van der Waals surface area contributed by atoms with E-state index in [1.165, 1.54) is 17.3 Å². The highest BCUT2D eigenvalue weighted by molar-refractivity contribution is 8.18. The van der Waals surface area contributed by atoms with Gasteiger partial charge in [0.15, 0.2) is 5.17 Å².